The number of aliphatic hydroxyl groups excluding tert-OH is 1. The Morgan fingerprint density at radius 1 is 1.21 bits per heavy atom. The molecule has 2 aliphatic rings. The van der Waals surface area contributed by atoms with Crippen LogP contribution in [0.1, 0.15) is 62.3 Å². The van der Waals surface area contributed by atoms with Gasteiger partial charge in [0.15, 0.2) is 23.3 Å². The molecule has 0 spiro atoms. The van der Waals surface area contributed by atoms with Crippen molar-refractivity contribution in [3.63, 3.8) is 0 Å². The fourth-order valence-electron chi connectivity index (χ4n) is 5.52. The van der Waals surface area contributed by atoms with E-state index in [4.69, 9.17) is 18.3 Å². The molecule has 5 atom stereocenters. The van der Waals surface area contributed by atoms with Crippen LogP contribution < -0.4 is 10.6 Å². The fraction of sp³-hybridized carbons (Fsp3) is 0.471. The van der Waals surface area contributed by atoms with Crippen LogP contribution in [0, 0.1) is 18.8 Å². The summed E-state index contributed by atoms with van der Waals surface area (Å²) in [6, 6.07) is -0.875. The Labute approximate surface area is 278 Å². The van der Waals surface area contributed by atoms with Crippen LogP contribution in [0.25, 0.3) is 0 Å². The maximum Gasteiger partial charge on any atom is 0.412 e. The Kier molecular flexibility index (Phi) is 12.5. The number of carbonyl (C=O) groups excluding carboxylic acids is 4. The van der Waals surface area contributed by atoms with E-state index in [9.17, 15) is 24.3 Å². The lowest BCUT2D eigenvalue weighted by Gasteiger charge is -2.30. The molecule has 2 aromatic heterocycles. The number of rotatable bonds is 4. The first kappa shape index (κ1) is 35.9. The summed E-state index contributed by atoms with van der Waals surface area (Å²) >= 11 is 0. The van der Waals surface area contributed by atoms with Crippen molar-refractivity contribution in [2.45, 2.75) is 71.6 Å². The molecule has 3 amide bonds. The summed E-state index contributed by atoms with van der Waals surface area (Å²) in [6.07, 6.45) is 9.75. The van der Waals surface area contributed by atoms with Gasteiger partial charge in [-0.25, -0.2) is 14.6 Å². The van der Waals surface area contributed by atoms with Gasteiger partial charge in [0.1, 0.15) is 24.7 Å². The molecule has 0 aromatic carbocycles. The first-order chi connectivity index (χ1) is 22.9. The molecule has 4 rings (SSSR count). The predicted molar refractivity (Wildman–Crippen MR) is 173 cm³/mol. The van der Waals surface area contributed by atoms with Crippen molar-refractivity contribution >= 4 is 29.7 Å². The van der Waals surface area contributed by atoms with E-state index in [1.54, 1.807) is 45.1 Å². The van der Waals surface area contributed by atoms with Crippen molar-refractivity contribution in [3.05, 3.63) is 78.1 Å². The molecule has 1 fully saturated rings. The number of amides is 3. The number of aryl methyl sites for hydroxylation is 1. The number of fused-ring (bicyclic) bond motifs is 3. The van der Waals surface area contributed by atoms with Crippen LogP contribution in [0.4, 0.5) is 10.6 Å². The van der Waals surface area contributed by atoms with E-state index in [0.29, 0.717) is 30.9 Å². The normalized spacial score (nSPS) is 26.4. The van der Waals surface area contributed by atoms with E-state index in [0.717, 1.165) is 5.57 Å². The Balaban J connectivity index is 1.54. The molecular formula is C34H43N5O9. The van der Waals surface area contributed by atoms with Crippen LogP contribution in [0.15, 0.2) is 69.5 Å². The highest BCUT2D eigenvalue weighted by atomic mass is 16.6. The van der Waals surface area contributed by atoms with Crippen molar-refractivity contribution in [3.8, 4) is 0 Å². The summed E-state index contributed by atoms with van der Waals surface area (Å²) in [5, 5.41) is 15.7. The van der Waals surface area contributed by atoms with Gasteiger partial charge in [-0.2, -0.15) is 4.98 Å². The molecule has 2 aromatic rings. The summed E-state index contributed by atoms with van der Waals surface area (Å²) in [6.45, 7) is 11.4. The number of oxazole rings is 2. The summed E-state index contributed by atoms with van der Waals surface area (Å²) < 4.78 is 22.0. The van der Waals surface area contributed by atoms with E-state index < -0.39 is 48.1 Å². The lowest BCUT2D eigenvalue weighted by molar-refractivity contribution is -0.159. The van der Waals surface area contributed by atoms with Crippen LogP contribution in [-0.4, -0.2) is 81.8 Å². The number of cyclic esters (lactones) is 1. The van der Waals surface area contributed by atoms with Gasteiger partial charge in [0.05, 0.1) is 12.7 Å². The molecule has 2 aliphatic heterocycles. The van der Waals surface area contributed by atoms with E-state index in [1.807, 2.05) is 6.92 Å². The lowest BCUT2D eigenvalue weighted by atomic mass is 9.93. The van der Waals surface area contributed by atoms with Gasteiger partial charge >= 0.3 is 12.1 Å². The molecule has 3 N–H and O–H groups in total. The molecule has 14 nitrogen and oxygen atoms in total. The summed E-state index contributed by atoms with van der Waals surface area (Å²) in [5.41, 5.74) is 1.49. The lowest BCUT2D eigenvalue weighted by Crippen LogP contribution is -2.44. The van der Waals surface area contributed by atoms with Crippen LogP contribution >= 0.6 is 0 Å². The molecule has 258 valence electrons. The predicted octanol–water partition coefficient (Wildman–Crippen LogP) is 4.05. The number of anilines is 1. The van der Waals surface area contributed by atoms with Crippen molar-refractivity contribution in [1.82, 2.24) is 20.2 Å². The van der Waals surface area contributed by atoms with E-state index in [1.165, 1.54) is 23.5 Å². The smallest absolute Gasteiger partial charge is 0.412 e. The zero-order chi connectivity index (χ0) is 34.8. The number of aromatic nitrogens is 2. The molecule has 0 saturated carbocycles. The highest BCUT2D eigenvalue weighted by Gasteiger charge is 2.39. The van der Waals surface area contributed by atoms with Gasteiger partial charge in [0.25, 0.3) is 5.91 Å². The summed E-state index contributed by atoms with van der Waals surface area (Å²) in [4.78, 5) is 61.9. The van der Waals surface area contributed by atoms with Crippen LogP contribution in [0.3, 0.4) is 0 Å². The van der Waals surface area contributed by atoms with E-state index >= 15 is 0 Å². The number of allylic oxidation sites excluding steroid dienone is 2. The monoisotopic (exact) mass is 665 g/mol. The molecule has 48 heavy (non-hydrogen) atoms. The van der Waals surface area contributed by atoms with Gasteiger partial charge < -0.3 is 33.6 Å². The summed E-state index contributed by atoms with van der Waals surface area (Å²) in [7, 11) is 0. The second-order valence-electron chi connectivity index (χ2n) is 12.1. The van der Waals surface area contributed by atoms with E-state index in [2.05, 4.69) is 27.2 Å². The number of aliphatic hydroxyl groups is 1. The topological polar surface area (TPSA) is 186 Å². The van der Waals surface area contributed by atoms with Gasteiger partial charge in [-0.3, -0.25) is 14.9 Å². The molecule has 0 unspecified atom stereocenters. The Hall–Kier alpha value is -4.98. The Bertz CT molecular complexity index is 1570. The highest BCUT2D eigenvalue weighted by molar-refractivity contribution is 5.95. The first-order valence-electron chi connectivity index (χ1n) is 15.9. The molecule has 0 radical (unpaired) electrons. The quantitative estimate of drug-likeness (QED) is 0.316. The van der Waals surface area contributed by atoms with Gasteiger partial charge in [0, 0.05) is 38.3 Å². The number of carbonyl (C=O) groups is 4. The van der Waals surface area contributed by atoms with Gasteiger partial charge in [-0.15, -0.1) is 0 Å². The number of hydrogen-bond donors (Lipinski definition) is 3. The maximum atomic E-state index is 13.6. The second-order valence-corrected chi connectivity index (χ2v) is 12.1. The number of hydrogen-bond acceptors (Lipinski definition) is 11. The van der Waals surface area contributed by atoms with E-state index in [-0.39, 0.29) is 49.3 Å². The van der Waals surface area contributed by atoms with Crippen molar-refractivity contribution in [1.29, 1.82) is 0 Å². The number of ether oxygens (including phenoxy) is 2. The number of esters is 1. The van der Waals surface area contributed by atoms with Crippen LogP contribution in [0.5, 0.6) is 0 Å². The average molecular weight is 666 g/mol. The third kappa shape index (κ3) is 10.3. The zero-order valence-corrected chi connectivity index (χ0v) is 27.6. The largest absolute Gasteiger partial charge is 0.460 e. The standard InChI is InChI=1S/C34H43N5O9/c1-20-8-6-12-35-29(41)11-10-22(3)31(23(4)17-47-34(44)38-28-19-45-24(5)36-28)48-33(43)27-9-7-13-39(27)32(42)26-18-46-30(37-26)16-21(2)15-25(40)14-20/h6,8,10-11,14,18-19,22-23,25,27,31,40H,2,7,9,12-13,15-17H2,1,3-5H3,(H,35,41)(H,38,44)/b8-6+,11-10+,20-14+/t22-,23-,25-,27-,31+/m1/s1. The van der Waals surface area contributed by atoms with Gasteiger partial charge in [0.2, 0.25) is 5.91 Å². The van der Waals surface area contributed by atoms with Gasteiger partial charge in [-0.1, -0.05) is 55.9 Å². The fourth-order valence-corrected chi connectivity index (χ4v) is 5.52. The van der Waals surface area contributed by atoms with Gasteiger partial charge in [-0.05, 0) is 32.3 Å². The number of nitrogens with zero attached hydrogens (tertiary/aromatic N) is 3. The maximum absolute atomic E-state index is 13.6. The Morgan fingerprint density at radius 2 is 2.00 bits per heavy atom. The molecule has 0 aliphatic carbocycles. The first-order valence-corrected chi connectivity index (χ1v) is 15.9. The SMILES string of the molecule is C=C1Cc2nc(co2)C(=O)N2CCC[C@@H]2C(=O)O[C@H]([C@H](C)COC(=O)Nc2coc(C)n2)[C@H](C)/C=C/C(=O)NC/C=C/C(C)=C/[C@@H](O)C1. The molecule has 14 heteroatoms. The molecular weight excluding hydrogens is 622 g/mol. The molecule has 4 heterocycles. The summed E-state index contributed by atoms with van der Waals surface area (Å²) in [5.74, 6) is -1.63. The zero-order valence-electron chi connectivity index (χ0n) is 27.6. The van der Waals surface area contributed by atoms with Crippen molar-refractivity contribution in [2.24, 2.45) is 11.8 Å². The molecule has 2 bridgehead atoms. The van der Waals surface area contributed by atoms with Crippen molar-refractivity contribution < 1.29 is 42.6 Å². The average Bonchev–Trinajstić information content (AvgIpc) is 3.80. The van der Waals surface area contributed by atoms with Crippen LogP contribution in [-0.2, 0) is 25.5 Å². The minimum absolute atomic E-state index is 0.0475. The Morgan fingerprint density at radius 3 is 2.75 bits per heavy atom. The second kappa shape index (κ2) is 16.7. The minimum atomic E-state index is -0.875. The third-order valence-electron chi connectivity index (χ3n) is 7.89. The highest BCUT2D eigenvalue weighted by Crippen LogP contribution is 2.26. The minimum Gasteiger partial charge on any atom is -0.460 e. The molecule has 1 saturated heterocycles. The number of nitrogens with one attached hydrogen (secondary N) is 2. The van der Waals surface area contributed by atoms with Crippen LogP contribution in [0.2, 0.25) is 0 Å². The van der Waals surface area contributed by atoms with Crippen molar-refractivity contribution in [2.75, 3.05) is 25.0 Å². The third-order valence-corrected chi connectivity index (χ3v) is 7.89.